The summed E-state index contributed by atoms with van der Waals surface area (Å²) in [6.45, 7) is 6.27. The van der Waals surface area contributed by atoms with E-state index in [1.165, 1.54) is 0 Å². The number of benzene rings is 2. The number of fused-ring (bicyclic) bond motifs is 3. The molecule has 2 aliphatic rings. The number of carbonyl (C=O) groups is 2. The largest absolute Gasteiger partial charge is 0.494 e. The van der Waals surface area contributed by atoms with E-state index < -0.39 is 0 Å². The van der Waals surface area contributed by atoms with Crippen molar-refractivity contribution in [2.45, 2.75) is 25.2 Å². The van der Waals surface area contributed by atoms with E-state index in [4.69, 9.17) is 9.15 Å². The zero-order valence-electron chi connectivity index (χ0n) is 18.4. The molecule has 32 heavy (non-hydrogen) atoms. The summed E-state index contributed by atoms with van der Waals surface area (Å²) < 4.78 is 11.8. The fraction of sp³-hybridized carbons (Fsp3) is 0.440. The second kappa shape index (κ2) is 8.92. The predicted molar refractivity (Wildman–Crippen MR) is 123 cm³/mol. The van der Waals surface area contributed by atoms with Crippen molar-refractivity contribution in [1.29, 1.82) is 0 Å². The molecule has 2 saturated heterocycles. The molecule has 7 nitrogen and oxygen atoms in total. The second-order valence-electron chi connectivity index (χ2n) is 8.86. The van der Waals surface area contributed by atoms with E-state index in [9.17, 15) is 9.59 Å². The number of imide groups is 1. The van der Waals surface area contributed by atoms with Crippen LogP contribution in [-0.4, -0.2) is 68.0 Å². The number of nitrogens with one attached hydrogen (secondary N) is 1. The molecule has 0 bridgehead atoms. The Kier molecular flexibility index (Phi) is 5.85. The summed E-state index contributed by atoms with van der Waals surface area (Å²) in [6.07, 6.45) is 3.51. The zero-order valence-corrected chi connectivity index (χ0v) is 18.4. The lowest BCUT2D eigenvalue weighted by molar-refractivity contribution is -0.134. The van der Waals surface area contributed by atoms with Gasteiger partial charge in [-0.05, 0) is 54.9 Å². The number of piperidine rings is 1. The van der Waals surface area contributed by atoms with Gasteiger partial charge in [0.1, 0.15) is 11.3 Å². The number of rotatable bonds is 6. The summed E-state index contributed by atoms with van der Waals surface area (Å²) in [7, 11) is 2.17. The van der Waals surface area contributed by atoms with Crippen LogP contribution in [0.3, 0.4) is 0 Å². The highest BCUT2D eigenvalue weighted by atomic mass is 16.5. The number of hydrogen-bond donors (Lipinski definition) is 1. The van der Waals surface area contributed by atoms with Crippen molar-refractivity contribution in [3.63, 3.8) is 0 Å². The molecule has 168 valence electrons. The van der Waals surface area contributed by atoms with E-state index in [2.05, 4.69) is 22.2 Å². The third-order valence-corrected chi connectivity index (χ3v) is 6.65. The fourth-order valence-electron chi connectivity index (χ4n) is 4.76. The average molecular weight is 436 g/mol. The molecule has 1 aromatic heterocycles. The van der Waals surface area contributed by atoms with E-state index in [-0.39, 0.29) is 17.7 Å². The van der Waals surface area contributed by atoms with Crippen LogP contribution in [0.5, 0.6) is 5.75 Å². The van der Waals surface area contributed by atoms with Crippen molar-refractivity contribution >= 4 is 33.6 Å². The third-order valence-electron chi connectivity index (χ3n) is 6.65. The number of ether oxygens (including phenoxy) is 1. The minimum atomic E-state index is -0.370. The quantitative estimate of drug-likeness (QED) is 0.474. The van der Waals surface area contributed by atoms with Gasteiger partial charge >= 0.3 is 0 Å². The summed E-state index contributed by atoms with van der Waals surface area (Å²) in [6, 6.07) is 10.0. The van der Waals surface area contributed by atoms with E-state index in [1.54, 1.807) is 6.26 Å². The molecule has 2 aliphatic heterocycles. The van der Waals surface area contributed by atoms with Gasteiger partial charge in [-0.1, -0.05) is 6.07 Å². The molecule has 0 spiro atoms. The predicted octanol–water partition coefficient (Wildman–Crippen LogP) is 3.12. The van der Waals surface area contributed by atoms with Gasteiger partial charge in [0.2, 0.25) is 11.8 Å². The summed E-state index contributed by atoms with van der Waals surface area (Å²) in [4.78, 5) is 28.8. The standard InChI is InChI=1S/C25H29N3O4/c1-27-10-12-28(13-11-27)9-2-14-31-18-4-5-19-17(15-18)3-7-22-24(19)21(16-32-22)20-6-8-23(29)26-25(20)30/h3-5,7,15-16,20H,2,6,8-14H2,1H3,(H,26,29,30)/t20-/m1/s1. The molecular weight excluding hydrogens is 406 g/mol. The van der Waals surface area contributed by atoms with E-state index in [0.717, 1.165) is 72.2 Å². The van der Waals surface area contributed by atoms with Gasteiger partial charge in [0, 0.05) is 50.1 Å². The molecular formula is C25H29N3O4. The molecule has 0 aliphatic carbocycles. The van der Waals surface area contributed by atoms with Gasteiger partial charge < -0.3 is 19.0 Å². The third kappa shape index (κ3) is 4.23. The van der Waals surface area contributed by atoms with Gasteiger partial charge in [0.25, 0.3) is 0 Å². The smallest absolute Gasteiger partial charge is 0.234 e. The molecule has 0 unspecified atom stereocenters. The van der Waals surface area contributed by atoms with Crippen LogP contribution in [0, 0.1) is 0 Å². The topological polar surface area (TPSA) is 75.0 Å². The number of amides is 2. The van der Waals surface area contributed by atoms with Crippen LogP contribution >= 0.6 is 0 Å². The van der Waals surface area contributed by atoms with E-state index in [1.807, 2.05) is 30.3 Å². The van der Waals surface area contributed by atoms with Crippen molar-refractivity contribution in [2.24, 2.45) is 0 Å². The van der Waals surface area contributed by atoms with Crippen LogP contribution in [0.15, 0.2) is 41.0 Å². The van der Waals surface area contributed by atoms with Gasteiger partial charge in [-0.3, -0.25) is 14.9 Å². The number of piperazine rings is 1. The number of carbonyl (C=O) groups excluding carboxylic acids is 2. The van der Waals surface area contributed by atoms with Crippen molar-refractivity contribution in [2.75, 3.05) is 46.4 Å². The molecule has 2 amide bonds. The van der Waals surface area contributed by atoms with Crippen molar-refractivity contribution in [3.05, 3.63) is 42.2 Å². The highest BCUT2D eigenvalue weighted by Gasteiger charge is 2.31. The highest BCUT2D eigenvalue weighted by molar-refractivity contribution is 6.10. The zero-order chi connectivity index (χ0) is 22.1. The maximum Gasteiger partial charge on any atom is 0.234 e. The van der Waals surface area contributed by atoms with E-state index >= 15 is 0 Å². The van der Waals surface area contributed by atoms with Crippen molar-refractivity contribution in [3.8, 4) is 5.75 Å². The number of likely N-dealkylation sites (N-methyl/N-ethyl adjacent to an activating group) is 1. The molecule has 2 fully saturated rings. The van der Waals surface area contributed by atoms with Crippen molar-refractivity contribution < 1.29 is 18.7 Å². The lowest BCUT2D eigenvalue weighted by Gasteiger charge is -2.32. The monoisotopic (exact) mass is 435 g/mol. The van der Waals surface area contributed by atoms with Gasteiger partial charge in [-0.15, -0.1) is 0 Å². The van der Waals surface area contributed by atoms with Crippen LogP contribution in [-0.2, 0) is 9.59 Å². The maximum absolute atomic E-state index is 12.4. The van der Waals surface area contributed by atoms with Gasteiger partial charge in [0.05, 0.1) is 18.8 Å². The molecule has 0 radical (unpaired) electrons. The molecule has 7 heteroatoms. The lowest BCUT2D eigenvalue weighted by atomic mass is 9.89. The summed E-state index contributed by atoms with van der Waals surface area (Å²) in [5, 5.41) is 5.47. The molecule has 3 aromatic rings. The molecule has 2 aromatic carbocycles. The number of hydrogen-bond acceptors (Lipinski definition) is 6. The first-order chi connectivity index (χ1) is 15.6. The maximum atomic E-state index is 12.4. The number of nitrogens with zero attached hydrogens (tertiary/aromatic N) is 2. The lowest BCUT2D eigenvalue weighted by Crippen LogP contribution is -2.44. The summed E-state index contributed by atoms with van der Waals surface area (Å²) in [5.41, 5.74) is 1.59. The first kappa shape index (κ1) is 21.0. The van der Waals surface area contributed by atoms with Gasteiger partial charge in [-0.2, -0.15) is 0 Å². The Morgan fingerprint density at radius 1 is 1.12 bits per heavy atom. The van der Waals surface area contributed by atoms with E-state index in [0.29, 0.717) is 19.4 Å². The van der Waals surface area contributed by atoms with Crippen LogP contribution in [0.1, 0.15) is 30.7 Å². The molecule has 3 heterocycles. The van der Waals surface area contributed by atoms with Crippen LogP contribution < -0.4 is 10.1 Å². The second-order valence-corrected chi connectivity index (χ2v) is 8.86. The highest BCUT2D eigenvalue weighted by Crippen LogP contribution is 2.37. The fourth-order valence-corrected chi connectivity index (χ4v) is 4.76. The Labute approximate surface area is 187 Å². The normalized spacial score (nSPS) is 20.7. The van der Waals surface area contributed by atoms with Crippen LogP contribution in [0.25, 0.3) is 21.7 Å². The minimum Gasteiger partial charge on any atom is -0.494 e. The Morgan fingerprint density at radius 2 is 1.97 bits per heavy atom. The number of furan rings is 1. The first-order valence-electron chi connectivity index (χ1n) is 11.4. The molecule has 1 N–H and O–H groups in total. The molecule has 0 saturated carbocycles. The average Bonchev–Trinajstić information content (AvgIpc) is 3.22. The Bertz CT molecular complexity index is 1150. The van der Waals surface area contributed by atoms with Crippen LogP contribution in [0.2, 0.25) is 0 Å². The summed E-state index contributed by atoms with van der Waals surface area (Å²) >= 11 is 0. The Morgan fingerprint density at radius 3 is 2.78 bits per heavy atom. The SMILES string of the molecule is CN1CCN(CCCOc2ccc3c(ccc4occ([C@H]5CCC(=O)NC5=O)c43)c2)CC1. The minimum absolute atomic E-state index is 0.210. The first-order valence-corrected chi connectivity index (χ1v) is 11.4. The molecule has 1 atom stereocenters. The van der Waals surface area contributed by atoms with Gasteiger partial charge in [0.15, 0.2) is 0 Å². The van der Waals surface area contributed by atoms with Crippen LogP contribution in [0.4, 0.5) is 0 Å². The Balaban J connectivity index is 1.30. The molecule has 5 rings (SSSR count). The summed E-state index contributed by atoms with van der Waals surface area (Å²) in [5.74, 6) is 0.0194. The van der Waals surface area contributed by atoms with Gasteiger partial charge in [-0.25, -0.2) is 0 Å². The van der Waals surface area contributed by atoms with Crippen molar-refractivity contribution in [1.82, 2.24) is 15.1 Å². The Hall–Kier alpha value is -2.90.